The Bertz CT molecular complexity index is 513. The van der Waals surface area contributed by atoms with Crippen LogP contribution in [0.2, 0.25) is 4.34 Å². The van der Waals surface area contributed by atoms with Crippen molar-refractivity contribution in [2.45, 2.75) is 44.4 Å². The third-order valence-corrected chi connectivity index (χ3v) is 6.56. The van der Waals surface area contributed by atoms with Crippen molar-refractivity contribution in [2.24, 2.45) is 5.41 Å². The first-order valence-electron chi connectivity index (χ1n) is 5.92. The lowest BCUT2D eigenvalue weighted by Gasteiger charge is -2.30. The Kier molecular flexibility index (Phi) is 5.72. The monoisotopic (exact) mass is 343 g/mol. The zero-order chi connectivity index (χ0) is 14.8. The van der Waals surface area contributed by atoms with E-state index in [1.165, 1.54) is 0 Å². The SMILES string of the molecule is Cc1cc(S(=O)(=O)NC(CCCl)C(C)(C)C)sc1Cl. The van der Waals surface area contributed by atoms with Crippen molar-refractivity contribution in [1.29, 1.82) is 0 Å². The van der Waals surface area contributed by atoms with E-state index in [-0.39, 0.29) is 15.7 Å². The van der Waals surface area contributed by atoms with Crippen LogP contribution in [0, 0.1) is 12.3 Å². The van der Waals surface area contributed by atoms with Crippen LogP contribution >= 0.6 is 34.5 Å². The highest BCUT2D eigenvalue weighted by Crippen LogP contribution is 2.31. The summed E-state index contributed by atoms with van der Waals surface area (Å²) in [6, 6.07) is 1.38. The highest BCUT2D eigenvalue weighted by Gasteiger charge is 2.30. The molecule has 110 valence electrons. The molecule has 0 aliphatic carbocycles. The van der Waals surface area contributed by atoms with Crippen molar-refractivity contribution in [3.8, 4) is 0 Å². The van der Waals surface area contributed by atoms with Crippen LogP contribution in [0.1, 0.15) is 32.8 Å². The molecule has 0 saturated heterocycles. The molecule has 0 aliphatic heterocycles. The minimum absolute atomic E-state index is 0.196. The predicted molar refractivity (Wildman–Crippen MR) is 83.0 cm³/mol. The molecule has 1 aromatic heterocycles. The molecular weight excluding hydrogens is 325 g/mol. The Labute approximate surface area is 129 Å². The van der Waals surface area contributed by atoms with Crippen molar-refractivity contribution < 1.29 is 8.42 Å². The summed E-state index contributed by atoms with van der Waals surface area (Å²) < 4.78 is 28.1. The Morgan fingerprint density at radius 1 is 1.42 bits per heavy atom. The van der Waals surface area contributed by atoms with E-state index in [4.69, 9.17) is 23.2 Å². The molecule has 1 atom stereocenters. The highest BCUT2D eigenvalue weighted by atomic mass is 35.5. The van der Waals surface area contributed by atoms with E-state index in [2.05, 4.69) is 4.72 Å². The van der Waals surface area contributed by atoms with E-state index in [9.17, 15) is 8.42 Å². The van der Waals surface area contributed by atoms with Crippen LogP contribution < -0.4 is 4.72 Å². The van der Waals surface area contributed by atoms with Gasteiger partial charge in [-0.25, -0.2) is 13.1 Å². The van der Waals surface area contributed by atoms with Crippen molar-refractivity contribution in [1.82, 2.24) is 4.72 Å². The van der Waals surface area contributed by atoms with Crippen LogP contribution in [0.3, 0.4) is 0 Å². The van der Waals surface area contributed by atoms with Crippen molar-refractivity contribution in [3.63, 3.8) is 0 Å². The smallest absolute Gasteiger partial charge is 0.207 e. The lowest BCUT2D eigenvalue weighted by Crippen LogP contribution is -2.43. The van der Waals surface area contributed by atoms with E-state index in [1.54, 1.807) is 13.0 Å². The third kappa shape index (κ3) is 4.60. The summed E-state index contributed by atoms with van der Waals surface area (Å²) in [5, 5.41) is 0. The summed E-state index contributed by atoms with van der Waals surface area (Å²) >= 11 is 12.8. The van der Waals surface area contributed by atoms with E-state index < -0.39 is 10.0 Å². The fraction of sp³-hybridized carbons (Fsp3) is 0.667. The standard InChI is InChI=1S/C12H19Cl2NO2S2/c1-8-7-10(18-11(8)14)19(16,17)15-9(5-6-13)12(2,3)4/h7,9,15H,5-6H2,1-4H3. The third-order valence-electron chi connectivity index (χ3n) is 2.84. The molecular formula is C12H19Cl2NO2S2. The zero-order valence-corrected chi connectivity index (χ0v) is 14.6. The molecule has 7 heteroatoms. The van der Waals surface area contributed by atoms with Gasteiger partial charge in [-0.3, -0.25) is 0 Å². The number of hydrogen-bond acceptors (Lipinski definition) is 3. The topological polar surface area (TPSA) is 46.2 Å². The first-order chi connectivity index (χ1) is 8.58. The van der Waals surface area contributed by atoms with Crippen molar-refractivity contribution >= 4 is 44.6 Å². The number of sulfonamides is 1. The second-order valence-corrected chi connectivity index (χ2v) is 9.51. The number of halogens is 2. The van der Waals surface area contributed by atoms with Crippen LogP contribution in [0.4, 0.5) is 0 Å². The Morgan fingerprint density at radius 2 is 2.00 bits per heavy atom. The largest absolute Gasteiger partial charge is 0.250 e. The van der Waals surface area contributed by atoms with Crippen molar-refractivity contribution in [2.75, 3.05) is 5.88 Å². The van der Waals surface area contributed by atoms with Gasteiger partial charge >= 0.3 is 0 Å². The second kappa shape index (κ2) is 6.31. The zero-order valence-electron chi connectivity index (χ0n) is 11.5. The van der Waals surface area contributed by atoms with E-state index in [0.29, 0.717) is 16.6 Å². The summed E-state index contributed by atoms with van der Waals surface area (Å²) in [5.74, 6) is 0.411. The number of alkyl halides is 1. The molecule has 0 bridgehead atoms. The van der Waals surface area contributed by atoms with Gasteiger partial charge < -0.3 is 0 Å². The highest BCUT2D eigenvalue weighted by molar-refractivity contribution is 7.91. The first-order valence-corrected chi connectivity index (χ1v) is 9.13. The molecule has 1 N–H and O–H groups in total. The second-order valence-electron chi connectivity index (χ2n) is 5.54. The quantitative estimate of drug-likeness (QED) is 0.820. The van der Waals surface area contributed by atoms with Gasteiger partial charge in [-0.2, -0.15) is 0 Å². The molecule has 3 nitrogen and oxygen atoms in total. The number of nitrogens with one attached hydrogen (secondary N) is 1. The maximum atomic E-state index is 12.3. The van der Waals surface area contributed by atoms with Crippen LogP contribution in [0.5, 0.6) is 0 Å². The molecule has 1 heterocycles. The lowest BCUT2D eigenvalue weighted by molar-refractivity contribution is 0.293. The molecule has 0 aromatic carbocycles. The van der Waals surface area contributed by atoms with Gasteiger partial charge in [0.25, 0.3) is 0 Å². The molecule has 0 saturated carbocycles. The lowest BCUT2D eigenvalue weighted by atomic mass is 9.86. The molecule has 0 aliphatic rings. The van der Waals surface area contributed by atoms with E-state index in [1.807, 2.05) is 20.8 Å². The number of rotatable bonds is 5. The molecule has 1 rings (SSSR count). The minimum Gasteiger partial charge on any atom is -0.207 e. The number of thiophene rings is 1. The summed E-state index contributed by atoms with van der Waals surface area (Å²) in [5.41, 5.74) is 0.578. The first kappa shape index (κ1) is 17.2. The van der Waals surface area contributed by atoms with Gasteiger partial charge in [-0.1, -0.05) is 32.4 Å². The van der Waals surface area contributed by atoms with Crippen LogP contribution in [-0.4, -0.2) is 20.3 Å². The van der Waals surface area contributed by atoms with Crippen LogP contribution in [-0.2, 0) is 10.0 Å². The molecule has 0 spiro atoms. The van der Waals surface area contributed by atoms with Gasteiger partial charge in [0.15, 0.2) is 0 Å². The van der Waals surface area contributed by atoms with Gasteiger partial charge in [-0.15, -0.1) is 22.9 Å². The molecule has 0 radical (unpaired) electrons. The molecule has 0 amide bonds. The van der Waals surface area contributed by atoms with Crippen molar-refractivity contribution in [3.05, 3.63) is 16.0 Å². The maximum absolute atomic E-state index is 12.3. The Hall–Kier alpha value is 0.190. The Balaban J connectivity index is 3.00. The van der Waals surface area contributed by atoms with Crippen LogP contribution in [0.25, 0.3) is 0 Å². The maximum Gasteiger partial charge on any atom is 0.250 e. The number of aryl methyl sites for hydroxylation is 1. The molecule has 1 unspecified atom stereocenters. The van der Waals surface area contributed by atoms with Crippen LogP contribution in [0.15, 0.2) is 10.3 Å². The Morgan fingerprint density at radius 3 is 2.37 bits per heavy atom. The number of hydrogen-bond donors (Lipinski definition) is 1. The fourth-order valence-electron chi connectivity index (χ4n) is 1.59. The summed E-state index contributed by atoms with van der Waals surface area (Å²) in [6.45, 7) is 7.75. The summed E-state index contributed by atoms with van der Waals surface area (Å²) in [6.07, 6.45) is 0.586. The van der Waals surface area contributed by atoms with Gasteiger partial charge in [0.05, 0.1) is 4.34 Å². The normalized spacial score (nSPS) is 14.6. The van der Waals surface area contributed by atoms with E-state index >= 15 is 0 Å². The summed E-state index contributed by atoms with van der Waals surface area (Å²) in [4.78, 5) is 0. The van der Waals surface area contributed by atoms with E-state index in [0.717, 1.165) is 16.9 Å². The summed E-state index contributed by atoms with van der Waals surface area (Å²) in [7, 11) is -3.54. The predicted octanol–water partition coefficient (Wildman–Crippen LogP) is 4.03. The molecule has 1 aromatic rings. The van der Waals surface area contributed by atoms with Gasteiger partial charge in [0.2, 0.25) is 10.0 Å². The molecule has 19 heavy (non-hydrogen) atoms. The minimum atomic E-state index is -3.54. The average molecular weight is 344 g/mol. The average Bonchev–Trinajstić information content (AvgIpc) is 2.58. The van der Waals surface area contributed by atoms with Gasteiger partial charge in [0, 0.05) is 11.9 Å². The van der Waals surface area contributed by atoms with Gasteiger partial charge in [0.1, 0.15) is 4.21 Å². The fourth-order valence-corrected chi connectivity index (χ4v) is 5.01. The molecule has 0 fully saturated rings. The van der Waals surface area contributed by atoms with Gasteiger partial charge in [-0.05, 0) is 30.4 Å².